The van der Waals surface area contributed by atoms with Crippen molar-refractivity contribution in [1.29, 1.82) is 5.26 Å². The maximum Gasteiger partial charge on any atom is 0.254 e. The average molecular weight is 214 g/mol. The molecule has 3 heteroatoms. The number of benzene rings is 1. The number of rotatable bonds is 1. The van der Waals surface area contributed by atoms with E-state index in [1.165, 1.54) is 0 Å². The lowest BCUT2D eigenvalue weighted by Gasteiger charge is -2.31. The zero-order valence-corrected chi connectivity index (χ0v) is 9.10. The molecule has 1 saturated heterocycles. The van der Waals surface area contributed by atoms with E-state index in [0.29, 0.717) is 12.1 Å². The van der Waals surface area contributed by atoms with Crippen LogP contribution in [0.4, 0.5) is 0 Å². The second kappa shape index (κ2) is 4.80. The molecule has 1 amide bonds. The van der Waals surface area contributed by atoms with Gasteiger partial charge in [-0.1, -0.05) is 18.2 Å². The molecular weight excluding hydrogens is 200 g/mol. The van der Waals surface area contributed by atoms with Gasteiger partial charge in [0.25, 0.3) is 5.91 Å². The van der Waals surface area contributed by atoms with Crippen LogP contribution in [-0.2, 0) is 0 Å². The third-order valence-corrected chi connectivity index (χ3v) is 2.93. The van der Waals surface area contributed by atoms with Gasteiger partial charge < -0.3 is 4.90 Å². The van der Waals surface area contributed by atoms with Crippen molar-refractivity contribution in [2.24, 2.45) is 0 Å². The maximum atomic E-state index is 12.1. The molecule has 0 spiro atoms. The van der Waals surface area contributed by atoms with Crippen molar-refractivity contribution in [1.82, 2.24) is 4.90 Å². The number of hydrogen-bond donors (Lipinski definition) is 0. The maximum absolute atomic E-state index is 12.1. The van der Waals surface area contributed by atoms with Gasteiger partial charge in [0, 0.05) is 12.1 Å². The van der Waals surface area contributed by atoms with E-state index in [1.807, 2.05) is 18.2 Å². The van der Waals surface area contributed by atoms with Gasteiger partial charge in [-0.05, 0) is 31.4 Å². The van der Waals surface area contributed by atoms with E-state index < -0.39 is 0 Å². The molecule has 1 aromatic carbocycles. The fraction of sp³-hybridized carbons (Fsp3) is 0.385. The van der Waals surface area contributed by atoms with Crippen LogP contribution < -0.4 is 0 Å². The van der Waals surface area contributed by atoms with Crippen LogP contribution in [0.2, 0.25) is 0 Å². The Kier molecular flexibility index (Phi) is 3.21. The Hall–Kier alpha value is -1.82. The van der Waals surface area contributed by atoms with Crippen molar-refractivity contribution >= 4 is 5.91 Å². The first kappa shape index (κ1) is 10.7. The molecule has 1 aromatic rings. The Morgan fingerprint density at radius 2 is 2.06 bits per heavy atom. The van der Waals surface area contributed by atoms with Crippen molar-refractivity contribution in [2.45, 2.75) is 25.3 Å². The Balaban J connectivity index is 2.18. The summed E-state index contributed by atoms with van der Waals surface area (Å²) in [6.45, 7) is 0.700. The largest absolute Gasteiger partial charge is 0.323 e. The minimum Gasteiger partial charge on any atom is -0.323 e. The summed E-state index contributed by atoms with van der Waals surface area (Å²) in [5, 5.41) is 9.01. The van der Waals surface area contributed by atoms with Crippen molar-refractivity contribution in [2.75, 3.05) is 6.54 Å². The van der Waals surface area contributed by atoms with E-state index in [9.17, 15) is 4.79 Å². The molecule has 16 heavy (non-hydrogen) atoms. The highest BCUT2D eigenvalue weighted by atomic mass is 16.2. The molecule has 1 fully saturated rings. The lowest BCUT2D eigenvalue weighted by Crippen LogP contribution is -2.42. The zero-order valence-electron chi connectivity index (χ0n) is 9.10. The van der Waals surface area contributed by atoms with Crippen molar-refractivity contribution in [3.63, 3.8) is 0 Å². The van der Waals surface area contributed by atoms with Crippen LogP contribution in [0, 0.1) is 11.3 Å². The van der Waals surface area contributed by atoms with E-state index in [1.54, 1.807) is 17.0 Å². The van der Waals surface area contributed by atoms with E-state index in [2.05, 4.69) is 6.07 Å². The number of amides is 1. The molecule has 1 aliphatic rings. The first-order valence-corrected chi connectivity index (χ1v) is 5.58. The van der Waals surface area contributed by atoms with Crippen LogP contribution in [0.25, 0.3) is 0 Å². The van der Waals surface area contributed by atoms with Gasteiger partial charge in [0.15, 0.2) is 0 Å². The zero-order chi connectivity index (χ0) is 11.4. The van der Waals surface area contributed by atoms with Crippen LogP contribution in [-0.4, -0.2) is 23.4 Å². The normalized spacial score (nSPS) is 20.2. The highest BCUT2D eigenvalue weighted by molar-refractivity contribution is 5.94. The molecule has 1 heterocycles. The second-order valence-electron chi connectivity index (χ2n) is 4.01. The summed E-state index contributed by atoms with van der Waals surface area (Å²) in [5.74, 6) is -0.0214. The standard InChI is InChI=1S/C13H14N2O/c14-10-12-8-4-5-9-15(12)13(16)11-6-2-1-3-7-11/h1-3,6-7,12H,4-5,8-9H2/t12-/m0/s1. The number of carbonyl (C=O) groups excluding carboxylic acids is 1. The summed E-state index contributed by atoms with van der Waals surface area (Å²) in [6, 6.07) is 11.1. The molecule has 2 rings (SSSR count). The molecule has 0 unspecified atom stereocenters. The van der Waals surface area contributed by atoms with Crippen LogP contribution in [0.1, 0.15) is 29.6 Å². The third kappa shape index (κ3) is 2.06. The van der Waals surface area contributed by atoms with Crippen molar-refractivity contribution in [3.05, 3.63) is 35.9 Å². The Morgan fingerprint density at radius 3 is 2.75 bits per heavy atom. The highest BCUT2D eigenvalue weighted by Gasteiger charge is 2.26. The Bertz CT molecular complexity index is 408. The topological polar surface area (TPSA) is 44.1 Å². The number of nitrogens with zero attached hydrogens (tertiary/aromatic N) is 2. The third-order valence-electron chi connectivity index (χ3n) is 2.93. The highest BCUT2D eigenvalue weighted by Crippen LogP contribution is 2.18. The van der Waals surface area contributed by atoms with Crippen molar-refractivity contribution < 1.29 is 4.79 Å². The molecule has 0 N–H and O–H groups in total. The number of hydrogen-bond acceptors (Lipinski definition) is 2. The SMILES string of the molecule is N#C[C@@H]1CCCCN1C(=O)c1ccccc1. The second-order valence-corrected chi connectivity index (χ2v) is 4.01. The molecule has 82 valence electrons. The predicted octanol–water partition coefficient (Wildman–Crippen LogP) is 2.20. The lowest BCUT2D eigenvalue weighted by molar-refractivity contribution is 0.0670. The van der Waals surface area contributed by atoms with Crippen LogP contribution in [0.3, 0.4) is 0 Å². The first-order chi connectivity index (χ1) is 7.83. The predicted molar refractivity (Wildman–Crippen MR) is 60.7 cm³/mol. The van der Waals surface area contributed by atoms with Gasteiger partial charge >= 0.3 is 0 Å². The van der Waals surface area contributed by atoms with Crippen molar-refractivity contribution in [3.8, 4) is 6.07 Å². The molecule has 1 aliphatic heterocycles. The number of carbonyl (C=O) groups is 1. The smallest absolute Gasteiger partial charge is 0.254 e. The molecular formula is C13H14N2O. The molecule has 0 bridgehead atoms. The Labute approximate surface area is 95.3 Å². The summed E-state index contributed by atoms with van der Waals surface area (Å²) in [7, 11) is 0. The van der Waals surface area contributed by atoms with Gasteiger partial charge in [-0.25, -0.2) is 0 Å². The van der Waals surface area contributed by atoms with Crippen LogP contribution in [0.15, 0.2) is 30.3 Å². The first-order valence-electron chi connectivity index (χ1n) is 5.58. The molecule has 0 aliphatic carbocycles. The van der Waals surface area contributed by atoms with Gasteiger partial charge in [-0.3, -0.25) is 4.79 Å². The fourth-order valence-corrected chi connectivity index (χ4v) is 2.06. The van der Waals surface area contributed by atoms with Gasteiger partial charge in [0.2, 0.25) is 0 Å². The molecule has 0 aromatic heterocycles. The van der Waals surface area contributed by atoms with Gasteiger partial charge in [0.1, 0.15) is 6.04 Å². The van der Waals surface area contributed by atoms with E-state index in [-0.39, 0.29) is 11.9 Å². The summed E-state index contributed by atoms with van der Waals surface area (Å²) < 4.78 is 0. The quantitative estimate of drug-likeness (QED) is 0.719. The number of piperidine rings is 1. The number of likely N-dealkylation sites (tertiary alicyclic amines) is 1. The molecule has 0 radical (unpaired) electrons. The van der Waals surface area contributed by atoms with E-state index in [4.69, 9.17) is 5.26 Å². The average Bonchev–Trinajstić information content (AvgIpc) is 2.39. The number of nitriles is 1. The monoisotopic (exact) mass is 214 g/mol. The van der Waals surface area contributed by atoms with E-state index in [0.717, 1.165) is 19.3 Å². The summed E-state index contributed by atoms with van der Waals surface area (Å²) in [5.41, 5.74) is 0.671. The fourth-order valence-electron chi connectivity index (χ4n) is 2.06. The van der Waals surface area contributed by atoms with Gasteiger partial charge in [0.05, 0.1) is 6.07 Å². The minimum atomic E-state index is -0.249. The van der Waals surface area contributed by atoms with Crippen LogP contribution in [0.5, 0.6) is 0 Å². The minimum absolute atomic E-state index is 0.0214. The molecule has 1 atom stereocenters. The Morgan fingerprint density at radius 1 is 1.31 bits per heavy atom. The van der Waals surface area contributed by atoms with E-state index >= 15 is 0 Å². The van der Waals surface area contributed by atoms with Gasteiger partial charge in [-0.15, -0.1) is 0 Å². The lowest BCUT2D eigenvalue weighted by atomic mass is 10.0. The molecule has 0 saturated carbocycles. The summed E-state index contributed by atoms with van der Waals surface area (Å²) in [6.07, 6.45) is 2.84. The summed E-state index contributed by atoms with van der Waals surface area (Å²) in [4.78, 5) is 13.8. The van der Waals surface area contributed by atoms with Crippen LogP contribution >= 0.6 is 0 Å². The summed E-state index contributed by atoms with van der Waals surface area (Å²) >= 11 is 0. The van der Waals surface area contributed by atoms with Gasteiger partial charge in [-0.2, -0.15) is 5.26 Å². The molecule has 3 nitrogen and oxygen atoms in total.